The number of H-pyrrole nitrogens is 1. The molecule has 1 N–H and O–H groups in total. The number of rotatable bonds is 2. The summed E-state index contributed by atoms with van der Waals surface area (Å²) >= 11 is 1.57. The van der Waals surface area contributed by atoms with Gasteiger partial charge in [0.05, 0.1) is 18.6 Å². The Labute approximate surface area is 125 Å². The third-order valence-electron chi connectivity index (χ3n) is 3.58. The van der Waals surface area contributed by atoms with Crippen LogP contribution in [0.5, 0.6) is 0 Å². The summed E-state index contributed by atoms with van der Waals surface area (Å²) in [6.07, 6.45) is -0.266. The summed E-state index contributed by atoms with van der Waals surface area (Å²) in [6, 6.07) is 11.8. The zero-order chi connectivity index (χ0) is 14.2. The van der Waals surface area contributed by atoms with Crippen LogP contribution < -0.4 is 5.56 Å². The first-order valence-corrected chi connectivity index (χ1v) is 7.63. The van der Waals surface area contributed by atoms with E-state index in [1.165, 1.54) is 0 Å². The summed E-state index contributed by atoms with van der Waals surface area (Å²) in [5.74, 6) is 0. The Morgan fingerprint density at radius 1 is 1.10 bits per heavy atom. The van der Waals surface area contributed by atoms with E-state index in [2.05, 4.69) is 4.98 Å². The smallest absolute Gasteiger partial charge is 0.257 e. The van der Waals surface area contributed by atoms with Crippen LogP contribution >= 0.6 is 11.3 Å². The summed E-state index contributed by atoms with van der Waals surface area (Å²) in [5.41, 5.74) is 2.75. The number of benzene rings is 1. The summed E-state index contributed by atoms with van der Waals surface area (Å²) in [5, 5.41) is 2.68. The van der Waals surface area contributed by atoms with Crippen molar-refractivity contribution < 1.29 is 9.47 Å². The molecule has 106 valence electrons. The van der Waals surface area contributed by atoms with E-state index in [9.17, 15) is 4.79 Å². The summed E-state index contributed by atoms with van der Waals surface area (Å²) in [6.45, 7) is 1.27. The van der Waals surface area contributed by atoms with Gasteiger partial charge in [-0.25, -0.2) is 0 Å². The zero-order valence-electron chi connectivity index (χ0n) is 11.2. The van der Waals surface area contributed by atoms with E-state index in [4.69, 9.17) is 9.47 Å². The van der Waals surface area contributed by atoms with Crippen LogP contribution in [0.2, 0.25) is 0 Å². The first-order chi connectivity index (χ1) is 10.3. The summed E-state index contributed by atoms with van der Waals surface area (Å²) < 4.78 is 11.9. The van der Waals surface area contributed by atoms with E-state index < -0.39 is 0 Å². The van der Waals surface area contributed by atoms with Crippen LogP contribution in [0.3, 0.4) is 0 Å². The Kier molecular flexibility index (Phi) is 3.11. The van der Waals surface area contributed by atoms with E-state index >= 15 is 0 Å². The molecule has 1 saturated heterocycles. The van der Waals surface area contributed by atoms with Crippen molar-refractivity contribution in [3.8, 4) is 11.3 Å². The van der Waals surface area contributed by atoms with Gasteiger partial charge in [-0.3, -0.25) is 4.79 Å². The van der Waals surface area contributed by atoms with Crippen molar-refractivity contribution >= 4 is 21.4 Å². The van der Waals surface area contributed by atoms with E-state index in [-0.39, 0.29) is 11.8 Å². The monoisotopic (exact) mass is 299 g/mol. The maximum Gasteiger partial charge on any atom is 0.257 e. The average Bonchev–Trinajstić information content (AvgIpc) is 3.19. The van der Waals surface area contributed by atoms with Gasteiger partial charge in [-0.1, -0.05) is 24.3 Å². The minimum atomic E-state index is -0.266. The molecule has 0 bridgehead atoms. The molecule has 2 aromatic heterocycles. The fourth-order valence-electron chi connectivity index (χ4n) is 2.50. The van der Waals surface area contributed by atoms with Crippen LogP contribution in [-0.2, 0) is 9.47 Å². The van der Waals surface area contributed by atoms with Crippen LogP contribution in [0.25, 0.3) is 21.3 Å². The molecule has 1 fully saturated rings. The van der Waals surface area contributed by atoms with Crippen LogP contribution in [0.1, 0.15) is 11.9 Å². The third-order valence-corrected chi connectivity index (χ3v) is 4.44. The molecule has 0 amide bonds. The number of pyridine rings is 1. The molecule has 3 heterocycles. The van der Waals surface area contributed by atoms with Gasteiger partial charge in [-0.2, -0.15) is 0 Å². The minimum Gasteiger partial charge on any atom is -0.346 e. The maximum atomic E-state index is 12.0. The first kappa shape index (κ1) is 12.8. The van der Waals surface area contributed by atoms with Gasteiger partial charge in [-0.05, 0) is 23.1 Å². The average molecular weight is 299 g/mol. The molecule has 5 heteroatoms. The van der Waals surface area contributed by atoms with Crippen LogP contribution in [0, 0.1) is 0 Å². The highest BCUT2D eigenvalue weighted by atomic mass is 32.1. The van der Waals surface area contributed by atoms with Crippen molar-refractivity contribution in [1.29, 1.82) is 0 Å². The second-order valence-electron chi connectivity index (χ2n) is 4.91. The van der Waals surface area contributed by atoms with Gasteiger partial charge in [0.25, 0.3) is 5.56 Å². The lowest BCUT2D eigenvalue weighted by Gasteiger charge is -2.10. The third kappa shape index (κ3) is 2.29. The SMILES string of the molecule is O=c1[nH]c(-c2ccc(C3OCCO3)cc2)cc2sccc12. The molecule has 0 aliphatic carbocycles. The molecule has 0 radical (unpaired) electrons. The fourth-order valence-corrected chi connectivity index (χ4v) is 3.33. The highest BCUT2D eigenvalue weighted by molar-refractivity contribution is 7.17. The molecule has 1 aliphatic heterocycles. The van der Waals surface area contributed by atoms with Crippen molar-refractivity contribution in [1.82, 2.24) is 4.98 Å². The van der Waals surface area contributed by atoms with Gasteiger partial charge in [0.1, 0.15) is 0 Å². The number of fused-ring (bicyclic) bond motifs is 1. The Hall–Kier alpha value is -1.95. The number of aromatic amines is 1. The molecular weight excluding hydrogens is 286 g/mol. The van der Waals surface area contributed by atoms with Crippen molar-refractivity contribution in [2.24, 2.45) is 0 Å². The fraction of sp³-hybridized carbons (Fsp3) is 0.188. The molecular formula is C16H13NO3S. The van der Waals surface area contributed by atoms with Crippen molar-refractivity contribution in [2.75, 3.05) is 13.2 Å². The second kappa shape index (κ2) is 5.11. The normalized spacial score (nSPS) is 15.8. The molecule has 21 heavy (non-hydrogen) atoms. The van der Waals surface area contributed by atoms with E-state index in [0.29, 0.717) is 13.2 Å². The highest BCUT2D eigenvalue weighted by Crippen LogP contribution is 2.27. The summed E-state index contributed by atoms with van der Waals surface area (Å²) in [7, 11) is 0. The lowest BCUT2D eigenvalue weighted by atomic mass is 10.1. The Bertz CT molecular complexity index is 829. The van der Waals surface area contributed by atoms with Crippen molar-refractivity contribution in [3.63, 3.8) is 0 Å². The number of hydrogen-bond acceptors (Lipinski definition) is 4. The molecule has 1 aliphatic rings. The quantitative estimate of drug-likeness (QED) is 0.790. The van der Waals surface area contributed by atoms with Gasteiger partial charge in [0, 0.05) is 16.0 Å². The van der Waals surface area contributed by atoms with Crippen molar-refractivity contribution in [2.45, 2.75) is 6.29 Å². The predicted octanol–water partition coefficient (Wildman–Crippen LogP) is 3.30. The number of ether oxygens (including phenoxy) is 2. The summed E-state index contributed by atoms with van der Waals surface area (Å²) in [4.78, 5) is 15.0. The molecule has 4 nitrogen and oxygen atoms in total. The maximum absolute atomic E-state index is 12.0. The largest absolute Gasteiger partial charge is 0.346 e. The molecule has 0 spiro atoms. The standard InChI is InChI=1S/C16H13NO3S/c18-15-12-5-8-21-14(12)9-13(17-15)10-1-3-11(4-2-10)16-19-6-7-20-16/h1-5,8-9,16H,6-7H2,(H,17,18). The topological polar surface area (TPSA) is 51.3 Å². The van der Waals surface area contributed by atoms with Crippen LogP contribution in [-0.4, -0.2) is 18.2 Å². The van der Waals surface area contributed by atoms with Gasteiger partial charge in [0.2, 0.25) is 0 Å². The van der Waals surface area contributed by atoms with Gasteiger partial charge < -0.3 is 14.5 Å². The minimum absolute atomic E-state index is 0.0460. The highest BCUT2D eigenvalue weighted by Gasteiger charge is 2.18. The molecule has 4 rings (SSSR count). The first-order valence-electron chi connectivity index (χ1n) is 6.75. The number of aromatic nitrogens is 1. The molecule has 0 saturated carbocycles. The predicted molar refractivity (Wildman–Crippen MR) is 82.5 cm³/mol. The Morgan fingerprint density at radius 3 is 2.62 bits per heavy atom. The van der Waals surface area contributed by atoms with Crippen LogP contribution in [0.4, 0.5) is 0 Å². The van der Waals surface area contributed by atoms with Gasteiger partial charge >= 0.3 is 0 Å². The molecule has 0 atom stereocenters. The number of thiophene rings is 1. The van der Waals surface area contributed by atoms with Crippen LogP contribution in [0.15, 0.2) is 46.6 Å². The molecule has 3 aromatic rings. The van der Waals surface area contributed by atoms with E-state index in [0.717, 1.165) is 26.9 Å². The van der Waals surface area contributed by atoms with E-state index in [1.54, 1.807) is 11.3 Å². The number of hydrogen-bond donors (Lipinski definition) is 1. The number of nitrogens with one attached hydrogen (secondary N) is 1. The second-order valence-corrected chi connectivity index (χ2v) is 5.85. The zero-order valence-corrected chi connectivity index (χ0v) is 12.0. The van der Waals surface area contributed by atoms with Crippen molar-refractivity contribution in [3.05, 3.63) is 57.7 Å². The Morgan fingerprint density at radius 2 is 1.86 bits per heavy atom. The lowest BCUT2D eigenvalue weighted by molar-refractivity contribution is -0.0441. The Balaban J connectivity index is 1.72. The van der Waals surface area contributed by atoms with E-state index in [1.807, 2.05) is 41.8 Å². The molecule has 0 unspecified atom stereocenters. The lowest BCUT2D eigenvalue weighted by Crippen LogP contribution is -2.05. The van der Waals surface area contributed by atoms with Gasteiger partial charge in [-0.15, -0.1) is 11.3 Å². The van der Waals surface area contributed by atoms with Gasteiger partial charge in [0.15, 0.2) is 6.29 Å². The molecule has 1 aromatic carbocycles.